The molecule has 0 radical (unpaired) electrons. The molecule has 15 aromatic rings. The van der Waals surface area contributed by atoms with Gasteiger partial charge in [0, 0.05) is 80.6 Å². The number of rotatable bonds is 6. The number of nitrogens with zero attached hydrogens (tertiary/aromatic N) is 5. The summed E-state index contributed by atoms with van der Waals surface area (Å²) in [7, 11) is 0. The first-order valence-electron chi connectivity index (χ1n) is 23.5. The van der Waals surface area contributed by atoms with Crippen LogP contribution in [0.5, 0.6) is 0 Å². The van der Waals surface area contributed by atoms with Gasteiger partial charge in [-0.3, -0.25) is 0 Å². The molecule has 0 spiro atoms. The molecule has 70 heavy (non-hydrogen) atoms. The van der Waals surface area contributed by atoms with Crippen LogP contribution in [0, 0.1) is 0 Å². The molecule has 10 aromatic carbocycles. The average Bonchev–Trinajstić information content (AvgIpc) is 4.19. The molecule has 0 N–H and O–H groups in total. The van der Waals surface area contributed by atoms with Crippen molar-refractivity contribution < 1.29 is 4.42 Å². The molecule has 7 heteroatoms. The number of para-hydroxylation sites is 3. The SMILES string of the molecule is c1ccc(-c2nc(-c3cccc4c3sc3ccccc34)nc(-c3cccc4oc5ccc(-c6ccc7c(c6)c6ccc8c9ccccc9n(-c9ccccc9)c8c6n7-c6ccccc6)cc5c34)n2)cc1. The van der Waals surface area contributed by atoms with E-state index in [-0.39, 0.29) is 0 Å². The van der Waals surface area contributed by atoms with Crippen molar-refractivity contribution in [1.29, 1.82) is 0 Å². The van der Waals surface area contributed by atoms with E-state index in [1.165, 1.54) is 53.6 Å². The van der Waals surface area contributed by atoms with Crippen molar-refractivity contribution in [3.8, 4) is 56.7 Å². The third-order valence-electron chi connectivity index (χ3n) is 14.0. The van der Waals surface area contributed by atoms with Crippen LogP contribution in [0.15, 0.2) is 229 Å². The number of hydrogen-bond acceptors (Lipinski definition) is 5. The van der Waals surface area contributed by atoms with Gasteiger partial charge in [0.25, 0.3) is 0 Å². The summed E-state index contributed by atoms with van der Waals surface area (Å²) in [6.45, 7) is 0. The van der Waals surface area contributed by atoms with E-state index in [1.807, 2.05) is 30.3 Å². The van der Waals surface area contributed by atoms with E-state index in [2.05, 4.69) is 203 Å². The molecule has 5 aromatic heterocycles. The van der Waals surface area contributed by atoms with Gasteiger partial charge in [0.05, 0.1) is 22.1 Å². The maximum atomic E-state index is 6.65. The minimum atomic E-state index is 0.593. The molecule has 0 fully saturated rings. The molecular formula is C63H37N5OS. The van der Waals surface area contributed by atoms with Gasteiger partial charge in [0.1, 0.15) is 11.2 Å². The summed E-state index contributed by atoms with van der Waals surface area (Å²) in [5.74, 6) is 1.85. The Morgan fingerprint density at radius 2 is 0.900 bits per heavy atom. The standard InChI is InChI=1S/C63H37N5OS/c1-4-16-38(17-5-1)61-64-62(66-63(65-61)49-26-14-24-47-44-23-11-13-29-56(44)70-60(47)49)48-25-15-28-55-57(48)51-37-40(31-35-54(51)69-55)39-30-34-53-50(36-39)46-33-32-45-43-22-10-12-27-52(43)67(41-18-6-2-7-19-41)58(45)59(46)68(53)42-20-8-3-9-21-42/h1-37H. The first-order valence-corrected chi connectivity index (χ1v) is 24.3. The van der Waals surface area contributed by atoms with Crippen LogP contribution in [0.25, 0.3) is 142 Å². The molecule has 0 aliphatic rings. The van der Waals surface area contributed by atoms with Crippen LogP contribution < -0.4 is 0 Å². The van der Waals surface area contributed by atoms with Gasteiger partial charge in [-0.25, -0.2) is 15.0 Å². The molecule has 0 saturated heterocycles. The summed E-state index contributed by atoms with van der Waals surface area (Å²) in [6.07, 6.45) is 0. The van der Waals surface area contributed by atoms with E-state index in [9.17, 15) is 0 Å². The van der Waals surface area contributed by atoms with Crippen LogP contribution in [0.1, 0.15) is 0 Å². The van der Waals surface area contributed by atoms with Gasteiger partial charge in [-0.05, 0) is 83.9 Å². The van der Waals surface area contributed by atoms with Crippen LogP contribution in [0.2, 0.25) is 0 Å². The van der Waals surface area contributed by atoms with Crippen molar-refractivity contribution in [1.82, 2.24) is 24.1 Å². The predicted molar refractivity (Wildman–Crippen MR) is 290 cm³/mol. The Morgan fingerprint density at radius 1 is 0.343 bits per heavy atom. The van der Waals surface area contributed by atoms with Crippen molar-refractivity contribution in [3.63, 3.8) is 0 Å². The lowest BCUT2D eigenvalue weighted by Crippen LogP contribution is -2.00. The number of benzene rings is 10. The van der Waals surface area contributed by atoms with Gasteiger partial charge in [-0.2, -0.15) is 0 Å². The Balaban J connectivity index is 0.942. The first-order chi connectivity index (χ1) is 34.7. The Hall–Kier alpha value is -9.17. The highest BCUT2D eigenvalue weighted by molar-refractivity contribution is 7.26. The molecule has 0 saturated carbocycles. The lowest BCUT2D eigenvalue weighted by molar-refractivity contribution is 0.669. The Kier molecular flexibility index (Phi) is 8.43. The molecule has 0 aliphatic carbocycles. The van der Waals surface area contributed by atoms with Crippen LogP contribution in [-0.4, -0.2) is 24.1 Å². The topological polar surface area (TPSA) is 61.7 Å². The van der Waals surface area contributed by atoms with Gasteiger partial charge in [0.15, 0.2) is 17.5 Å². The molecule has 326 valence electrons. The van der Waals surface area contributed by atoms with Crippen LogP contribution >= 0.6 is 11.3 Å². The minimum Gasteiger partial charge on any atom is -0.456 e. The van der Waals surface area contributed by atoms with Crippen molar-refractivity contribution in [2.45, 2.75) is 0 Å². The normalized spacial score (nSPS) is 12.0. The highest BCUT2D eigenvalue weighted by Crippen LogP contribution is 2.45. The van der Waals surface area contributed by atoms with Crippen LogP contribution in [0.4, 0.5) is 0 Å². The fraction of sp³-hybridized carbons (Fsp3) is 0. The van der Waals surface area contributed by atoms with Gasteiger partial charge >= 0.3 is 0 Å². The number of fused-ring (bicyclic) bond motifs is 13. The third kappa shape index (κ3) is 5.82. The maximum absolute atomic E-state index is 6.65. The summed E-state index contributed by atoms with van der Waals surface area (Å²) in [6, 6.07) is 79.7. The van der Waals surface area contributed by atoms with Gasteiger partial charge in [-0.15, -0.1) is 11.3 Å². The summed E-state index contributed by atoms with van der Waals surface area (Å²) >= 11 is 1.78. The van der Waals surface area contributed by atoms with E-state index in [0.29, 0.717) is 17.5 Å². The van der Waals surface area contributed by atoms with E-state index in [4.69, 9.17) is 19.4 Å². The minimum absolute atomic E-state index is 0.593. The molecule has 0 bridgehead atoms. The molecule has 0 aliphatic heterocycles. The molecule has 15 rings (SSSR count). The molecular weight excluding hydrogens is 875 g/mol. The van der Waals surface area contributed by atoms with E-state index in [0.717, 1.165) is 71.3 Å². The highest BCUT2D eigenvalue weighted by Gasteiger charge is 2.23. The lowest BCUT2D eigenvalue weighted by atomic mass is 9.99. The third-order valence-corrected chi connectivity index (χ3v) is 15.2. The number of aromatic nitrogens is 5. The van der Waals surface area contributed by atoms with Crippen molar-refractivity contribution in [2.75, 3.05) is 0 Å². The van der Waals surface area contributed by atoms with E-state index >= 15 is 0 Å². The fourth-order valence-corrected chi connectivity index (χ4v) is 12.1. The maximum Gasteiger partial charge on any atom is 0.165 e. The summed E-state index contributed by atoms with van der Waals surface area (Å²) in [5.41, 5.74) is 13.5. The second-order valence-electron chi connectivity index (χ2n) is 17.9. The van der Waals surface area contributed by atoms with Gasteiger partial charge in [0.2, 0.25) is 0 Å². The van der Waals surface area contributed by atoms with E-state index in [1.54, 1.807) is 11.3 Å². The summed E-state index contributed by atoms with van der Waals surface area (Å²) < 4.78 is 13.9. The quantitative estimate of drug-likeness (QED) is 0.167. The predicted octanol–water partition coefficient (Wildman–Crippen LogP) is 17.0. The molecule has 5 heterocycles. The first kappa shape index (κ1) is 38.9. The fourth-order valence-electron chi connectivity index (χ4n) is 10.9. The Morgan fingerprint density at radius 3 is 1.66 bits per heavy atom. The smallest absolute Gasteiger partial charge is 0.165 e. The number of thiophene rings is 1. The second kappa shape index (κ2) is 15.2. The molecule has 0 atom stereocenters. The van der Waals surface area contributed by atoms with Crippen LogP contribution in [-0.2, 0) is 0 Å². The molecule has 6 nitrogen and oxygen atoms in total. The second-order valence-corrected chi connectivity index (χ2v) is 18.9. The molecule has 0 amide bonds. The number of furan rings is 1. The van der Waals surface area contributed by atoms with Gasteiger partial charge in [-0.1, -0.05) is 152 Å². The monoisotopic (exact) mass is 911 g/mol. The average molecular weight is 912 g/mol. The Bertz CT molecular complexity index is 4590. The van der Waals surface area contributed by atoms with Crippen molar-refractivity contribution in [2.24, 2.45) is 0 Å². The van der Waals surface area contributed by atoms with Crippen molar-refractivity contribution >= 4 is 97.1 Å². The zero-order valence-electron chi connectivity index (χ0n) is 37.4. The number of hydrogen-bond donors (Lipinski definition) is 0. The Labute approximate surface area is 404 Å². The summed E-state index contributed by atoms with van der Waals surface area (Å²) in [5, 5.41) is 9.22. The van der Waals surface area contributed by atoms with Crippen molar-refractivity contribution in [3.05, 3.63) is 224 Å². The zero-order chi connectivity index (χ0) is 45.9. The highest BCUT2D eigenvalue weighted by atomic mass is 32.1. The zero-order valence-corrected chi connectivity index (χ0v) is 38.2. The van der Waals surface area contributed by atoms with Crippen LogP contribution in [0.3, 0.4) is 0 Å². The molecule has 0 unspecified atom stereocenters. The largest absolute Gasteiger partial charge is 0.456 e. The lowest BCUT2D eigenvalue weighted by Gasteiger charge is -2.12. The summed E-state index contributed by atoms with van der Waals surface area (Å²) in [4.78, 5) is 15.7. The van der Waals surface area contributed by atoms with E-state index < -0.39 is 0 Å². The van der Waals surface area contributed by atoms with Gasteiger partial charge < -0.3 is 13.6 Å².